The second-order valence-corrected chi connectivity index (χ2v) is 7.56. The Bertz CT molecular complexity index is 1070. The van der Waals surface area contributed by atoms with Crippen molar-refractivity contribution in [3.8, 4) is 0 Å². The van der Waals surface area contributed by atoms with Gasteiger partial charge in [0.25, 0.3) is 0 Å². The second kappa shape index (κ2) is 7.78. The number of halogens is 2. The lowest BCUT2D eigenvalue weighted by Gasteiger charge is -2.19. The molecular weight excluding hydrogens is 395 g/mol. The number of benzene rings is 2. The Balaban J connectivity index is 1.74. The fourth-order valence-corrected chi connectivity index (χ4v) is 3.53. The second-order valence-electron chi connectivity index (χ2n) is 6.74. The maximum absolute atomic E-state index is 12.5. The van der Waals surface area contributed by atoms with Crippen molar-refractivity contribution in [1.82, 2.24) is 9.97 Å². The zero-order valence-corrected chi connectivity index (χ0v) is 16.7. The van der Waals surface area contributed by atoms with Crippen LogP contribution in [0.2, 0.25) is 10.0 Å². The minimum absolute atomic E-state index is 0.0471. The molecule has 5 nitrogen and oxygen atoms in total. The molecule has 0 amide bonds. The maximum atomic E-state index is 12.5. The van der Waals surface area contributed by atoms with Crippen LogP contribution >= 0.6 is 23.2 Å². The van der Waals surface area contributed by atoms with Gasteiger partial charge in [-0.1, -0.05) is 35.3 Å². The summed E-state index contributed by atoms with van der Waals surface area (Å²) >= 11 is 12.1. The molecule has 1 aliphatic rings. The minimum atomic E-state index is 0.0471. The third-order valence-corrected chi connectivity index (χ3v) is 5.28. The number of carbonyl (C=O) groups is 1. The maximum Gasteiger partial charge on any atom is 0.229 e. The molecule has 0 unspecified atom stereocenters. The SMILES string of the molecule is Cc1cccc(Nc2nc3c(c(Nc4ccc(Cl)c(Cl)c4)n2)C(=O)CCC3)c1. The molecule has 0 saturated heterocycles. The van der Waals surface area contributed by atoms with Gasteiger partial charge in [-0.2, -0.15) is 4.98 Å². The van der Waals surface area contributed by atoms with E-state index in [1.807, 2.05) is 31.2 Å². The monoisotopic (exact) mass is 412 g/mol. The van der Waals surface area contributed by atoms with Crippen LogP contribution in [0.5, 0.6) is 0 Å². The normalized spacial score (nSPS) is 13.2. The number of nitrogens with zero attached hydrogens (tertiary/aromatic N) is 2. The molecular formula is C21H18Cl2N4O. The number of Topliss-reactive ketones (excluding diaryl/α,β-unsaturated/α-hetero) is 1. The lowest BCUT2D eigenvalue weighted by Crippen LogP contribution is -2.17. The Labute approximate surface area is 173 Å². The van der Waals surface area contributed by atoms with E-state index in [1.165, 1.54) is 0 Å². The van der Waals surface area contributed by atoms with Gasteiger partial charge in [-0.15, -0.1) is 0 Å². The van der Waals surface area contributed by atoms with E-state index >= 15 is 0 Å². The van der Waals surface area contributed by atoms with Crippen molar-refractivity contribution < 1.29 is 4.79 Å². The molecule has 142 valence electrons. The number of rotatable bonds is 4. The van der Waals surface area contributed by atoms with Gasteiger partial charge in [0.1, 0.15) is 5.82 Å². The number of aryl methyl sites for hydroxylation is 2. The van der Waals surface area contributed by atoms with E-state index in [0.29, 0.717) is 39.5 Å². The van der Waals surface area contributed by atoms with Crippen LogP contribution in [0, 0.1) is 6.92 Å². The third kappa shape index (κ3) is 3.96. The molecule has 0 fully saturated rings. The topological polar surface area (TPSA) is 66.9 Å². The van der Waals surface area contributed by atoms with Gasteiger partial charge in [0.05, 0.1) is 21.3 Å². The molecule has 0 bridgehead atoms. The minimum Gasteiger partial charge on any atom is -0.339 e. The summed E-state index contributed by atoms with van der Waals surface area (Å²) in [6.07, 6.45) is 2.03. The van der Waals surface area contributed by atoms with E-state index in [9.17, 15) is 4.79 Å². The molecule has 7 heteroatoms. The van der Waals surface area contributed by atoms with Gasteiger partial charge in [-0.3, -0.25) is 4.79 Å². The quantitative estimate of drug-likeness (QED) is 0.541. The Morgan fingerprint density at radius 3 is 2.54 bits per heavy atom. The van der Waals surface area contributed by atoms with Crippen molar-refractivity contribution >= 4 is 52.1 Å². The van der Waals surface area contributed by atoms with Gasteiger partial charge in [0.2, 0.25) is 5.95 Å². The molecule has 1 aliphatic carbocycles. The van der Waals surface area contributed by atoms with Crippen LogP contribution in [0.1, 0.15) is 34.5 Å². The molecule has 0 saturated carbocycles. The largest absolute Gasteiger partial charge is 0.339 e. The third-order valence-electron chi connectivity index (χ3n) is 4.54. The summed E-state index contributed by atoms with van der Waals surface area (Å²) in [6, 6.07) is 13.2. The summed E-state index contributed by atoms with van der Waals surface area (Å²) in [5.41, 5.74) is 4.03. The number of hydrogen-bond donors (Lipinski definition) is 2. The molecule has 28 heavy (non-hydrogen) atoms. The summed E-state index contributed by atoms with van der Waals surface area (Å²) in [5, 5.41) is 7.35. The summed E-state index contributed by atoms with van der Waals surface area (Å²) in [5.74, 6) is 0.968. The van der Waals surface area contributed by atoms with Crippen molar-refractivity contribution in [2.45, 2.75) is 26.2 Å². The Hall–Kier alpha value is -2.63. The Kier molecular flexibility index (Phi) is 5.20. The zero-order chi connectivity index (χ0) is 19.7. The van der Waals surface area contributed by atoms with Gasteiger partial charge >= 0.3 is 0 Å². The summed E-state index contributed by atoms with van der Waals surface area (Å²) < 4.78 is 0. The number of aromatic nitrogens is 2. The molecule has 0 aliphatic heterocycles. The van der Waals surface area contributed by atoms with Gasteiger partial charge in [-0.25, -0.2) is 4.98 Å². The van der Waals surface area contributed by atoms with E-state index in [1.54, 1.807) is 18.2 Å². The molecule has 1 heterocycles. The smallest absolute Gasteiger partial charge is 0.229 e. The first-order chi connectivity index (χ1) is 13.5. The van der Waals surface area contributed by atoms with Crippen LogP contribution in [-0.2, 0) is 6.42 Å². The highest BCUT2D eigenvalue weighted by Gasteiger charge is 2.25. The standard InChI is InChI=1S/C21H18Cl2N4O/c1-12-4-2-5-13(10-12)25-21-26-17-6-3-7-18(28)19(17)20(27-21)24-14-8-9-15(22)16(23)11-14/h2,4-5,8-11H,3,6-7H2,1H3,(H2,24,25,26,27). The van der Waals surface area contributed by atoms with E-state index < -0.39 is 0 Å². The van der Waals surface area contributed by atoms with E-state index in [-0.39, 0.29) is 5.78 Å². The van der Waals surface area contributed by atoms with E-state index in [4.69, 9.17) is 23.2 Å². The van der Waals surface area contributed by atoms with Crippen LogP contribution in [0.25, 0.3) is 0 Å². The molecule has 3 aromatic rings. The van der Waals surface area contributed by atoms with Gasteiger partial charge in [0, 0.05) is 17.8 Å². The predicted molar refractivity (Wildman–Crippen MR) is 114 cm³/mol. The lowest BCUT2D eigenvalue weighted by atomic mass is 9.95. The van der Waals surface area contributed by atoms with Gasteiger partial charge < -0.3 is 10.6 Å². The van der Waals surface area contributed by atoms with E-state index in [2.05, 4.69) is 20.6 Å². The summed E-state index contributed by atoms with van der Waals surface area (Å²) in [4.78, 5) is 21.7. The number of hydrogen-bond acceptors (Lipinski definition) is 5. The first kappa shape index (κ1) is 18.7. The molecule has 0 atom stereocenters. The molecule has 0 radical (unpaired) electrons. The average molecular weight is 413 g/mol. The first-order valence-corrected chi connectivity index (χ1v) is 9.75. The number of fused-ring (bicyclic) bond motifs is 1. The fourth-order valence-electron chi connectivity index (χ4n) is 3.23. The zero-order valence-electron chi connectivity index (χ0n) is 15.2. The van der Waals surface area contributed by atoms with Crippen molar-refractivity contribution in [2.24, 2.45) is 0 Å². The van der Waals surface area contributed by atoms with E-state index in [0.717, 1.165) is 29.8 Å². The Morgan fingerprint density at radius 2 is 1.75 bits per heavy atom. The highest BCUT2D eigenvalue weighted by Crippen LogP contribution is 2.32. The summed E-state index contributed by atoms with van der Waals surface area (Å²) in [6.45, 7) is 2.02. The van der Waals surface area contributed by atoms with Gasteiger partial charge in [-0.05, 0) is 55.7 Å². The lowest BCUT2D eigenvalue weighted by molar-refractivity contribution is 0.0972. The number of nitrogens with one attached hydrogen (secondary N) is 2. The van der Waals surface area contributed by atoms with Crippen molar-refractivity contribution in [2.75, 3.05) is 10.6 Å². The first-order valence-electron chi connectivity index (χ1n) is 8.99. The summed E-state index contributed by atoms with van der Waals surface area (Å²) in [7, 11) is 0. The molecule has 4 rings (SSSR count). The number of carbonyl (C=O) groups excluding carboxylic acids is 1. The highest BCUT2D eigenvalue weighted by atomic mass is 35.5. The predicted octanol–water partition coefficient (Wildman–Crippen LogP) is 6.10. The van der Waals surface area contributed by atoms with Gasteiger partial charge in [0.15, 0.2) is 5.78 Å². The van der Waals surface area contributed by atoms with Crippen molar-refractivity contribution in [1.29, 1.82) is 0 Å². The average Bonchev–Trinajstić information content (AvgIpc) is 2.65. The Morgan fingerprint density at radius 1 is 0.929 bits per heavy atom. The van der Waals surface area contributed by atoms with Crippen LogP contribution in [-0.4, -0.2) is 15.8 Å². The number of ketones is 1. The molecule has 2 aromatic carbocycles. The molecule has 2 N–H and O–H groups in total. The van der Waals surface area contributed by atoms with Crippen LogP contribution in [0.4, 0.5) is 23.1 Å². The number of anilines is 4. The van der Waals surface area contributed by atoms with Crippen molar-refractivity contribution in [3.63, 3.8) is 0 Å². The highest BCUT2D eigenvalue weighted by molar-refractivity contribution is 6.42. The molecule has 0 spiro atoms. The van der Waals surface area contributed by atoms with Crippen molar-refractivity contribution in [3.05, 3.63) is 69.3 Å². The van der Waals surface area contributed by atoms with Crippen LogP contribution < -0.4 is 10.6 Å². The fraction of sp³-hybridized carbons (Fsp3) is 0.190. The molecule has 1 aromatic heterocycles. The van der Waals surface area contributed by atoms with Crippen LogP contribution in [0.15, 0.2) is 42.5 Å². The van der Waals surface area contributed by atoms with Crippen LogP contribution in [0.3, 0.4) is 0 Å².